The second-order valence-electron chi connectivity index (χ2n) is 19.1. The van der Waals surface area contributed by atoms with Crippen molar-refractivity contribution in [1.82, 2.24) is 0 Å². The Balaban J connectivity index is 1.31. The molecule has 88 heavy (non-hydrogen) atoms. The van der Waals surface area contributed by atoms with E-state index in [1.54, 1.807) is 0 Å². The first-order valence-electron chi connectivity index (χ1n) is 25.1. The van der Waals surface area contributed by atoms with E-state index in [4.69, 9.17) is 0 Å². The van der Waals surface area contributed by atoms with E-state index in [1.165, 1.54) is 0 Å². The van der Waals surface area contributed by atoms with Crippen LogP contribution in [0.4, 0.5) is 147 Å². The third-order valence-corrected chi connectivity index (χ3v) is 13.4. The zero-order chi connectivity index (χ0) is 63.9. The number of hydrogen-bond donors (Lipinski definition) is 0. The third-order valence-electron chi connectivity index (χ3n) is 13.4. The molecule has 9 aromatic rings. The quantitative estimate of drug-likeness (QED) is 0.113. The topological polar surface area (TPSA) is 84.3 Å². The van der Waals surface area contributed by atoms with E-state index in [2.05, 4.69) is 0 Å². The molecule has 9 rings (SSSR count). The summed E-state index contributed by atoms with van der Waals surface area (Å²) >= 11 is 0. The van der Waals surface area contributed by atoms with Gasteiger partial charge in [-0.1, -0.05) is 36.4 Å². The van der Waals surface area contributed by atoms with Crippen LogP contribution in [0.15, 0.2) is 200 Å². The predicted octanol–water partition coefficient (Wildman–Crippen LogP) is 21.3. The van der Waals surface area contributed by atoms with Gasteiger partial charge in [-0.05, 0) is 164 Å². The van der Waals surface area contributed by atoms with E-state index in [9.17, 15) is 94.8 Å². The first-order valence-corrected chi connectivity index (χ1v) is 25.1. The molecule has 0 fully saturated rings. The highest BCUT2D eigenvalue weighted by Gasteiger charge is 2.38. The lowest BCUT2D eigenvalue weighted by Gasteiger charge is -2.32. The Morgan fingerprint density at radius 2 is 0.386 bits per heavy atom. The van der Waals surface area contributed by atoms with E-state index >= 15 is 0 Å². The van der Waals surface area contributed by atoms with Gasteiger partial charge in [0.25, 0.3) is 0 Å². The number of nitrogens with zero attached hydrogens (tertiary/aromatic N) is 7. The second-order valence-corrected chi connectivity index (χ2v) is 19.1. The van der Waals surface area contributed by atoms with Gasteiger partial charge in [-0.15, -0.1) is 0 Å². The number of rotatable bonds is 12. The minimum absolute atomic E-state index is 0.277. The Labute approximate surface area is 486 Å². The van der Waals surface area contributed by atoms with Gasteiger partial charge < -0.3 is 19.6 Å². The summed E-state index contributed by atoms with van der Waals surface area (Å²) in [5.74, 6) is 0. The predicted molar refractivity (Wildman–Crippen MR) is 289 cm³/mol. The number of anilines is 12. The molecular weight excluding hydrogens is 1200 g/mol. The molecule has 0 aliphatic carbocycles. The van der Waals surface area contributed by atoms with Gasteiger partial charge in [-0.3, -0.25) is 0 Å². The number of nitriles is 3. The third kappa shape index (κ3) is 13.1. The average molecular weight is 1230 g/mol. The molecule has 0 amide bonds. The first kappa shape index (κ1) is 61.9. The van der Waals surface area contributed by atoms with E-state index in [0.29, 0.717) is 72.8 Å². The number of benzene rings is 9. The van der Waals surface area contributed by atoms with Gasteiger partial charge in [0.2, 0.25) is 0 Å². The number of alkyl halides is 18. The Morgan fingerprint density at radius 3 is 0.545 bits per heavy atom. The summed E-state index contributed by atoms with van der Waals surface area (Å²) in [5.41, 5.74) is -13.2. The van der Waals surface area contributed by atoms with Crippen molar-refractivity contribution in [3.8, 4) is 18.2 Å². The van der Waals surface area contributed by atoms with Crippen molar-refractivity contribution >= 4 is 68.2 Å². The van der Waals surface area contributed by atoms with Gasteiger partial charge in [0, 0.05) is 51.2 Å². The van der Waals surface area contributed by atoms with Crippen LogP contribution >= 0.6 is 0 Å². The van der Waals surface area contributed by atoms with Crippen molar-refractivity contribution in [3.63, 3.8) is 0 Å². The molecule has 0 N–H and O–H groups in total. The molecule has 0 radical (unpaired) electrons. The van der Waals surface area contributed by atoms with E-state index in [0.717, 1.165) is 147 Å². The molecule has 25 heteroatoms. The van der Waals surface area contributed by atoms with Crippen molar-refractivity contribution < 1.29 is 79.0 Å². The van der Waals surface area contributed by atoms with Crippen LogP contribution in [0.25, 0.3) is 0 Å². The fraction of sp³-hybridized carbons (Fsp3) is 0.0952. The van der Waals surface area contributed by atoms with E-state index in [-0.39, 0.29) is 68.2 Å². The molecule has 9 aromatic carbocycles. The fourth-order valence-electron chi connectivity index (χ4n) is 9.50. The van der Waals surface area contributed by atoms with Gasteiger partial charge in [0.05, 0.1) is 67.1 Å². The average Bonchev–Trinajstić information content (AvgIpc) is 1.06. The smallest absolute Gasteiger partial charge is 0.310 e. The molecule has 446 valence electrons. The Hall–Kier alpha value is -10.6. The van der Waals surface area contributed by atoms with Crippen LogP contribution in [0.2, 0.25) is 0 Å². The van der Waals surface area contributed by atoms with E-state index in [1.807, 2.05) is 18.2 Å². The maximum Gasteiger partial charge on any atom is 0.416 e. The Bertz CT molecular complexity index is 3640. The Kier molecular flexibility index (Phi) is 16.4. The van der Waals surface area contributed by atoms with Crippen LogP contribution in [0.5, 0.6) is 0 Å². The standard InChI is InChI=1S/C63H33F18N7/c64-58(65,66)40-7-1-13-46(28-40)85(47-14-2-8-41(29-47)59(67,68)69)52-19-22-55(37(25-52)34-82)88(56-23-20-53(26-38(56)35-83)86(48-15-3-9-42(30-48)60(70,71)72)49-16-4-10-43(31-49)61(73,74)75)57-24-21-54(27-39(57)36-84)87(50-17-5-11-44(32-50)62(76,77)78)51-18-6-12-45(33-51)63(79,80)81/h1-33H. The largest absolute Gasteiger partial charge is 0.416 e. The molecule has 7 nitrogen and oxygen atoms in total. The van der Waals surface area contributed by atoms with Crippen LogP contribution in [0.3, 0.4) is 0 Å². The molecule has 0 bridgehead atoms. The zero-order valence-electron chi connectivity index (χ0n) is 44.0. The number of halogens is 18. The van der Waals surface area contributed by atoms with Gasteiger partial charge in [0.1, 0.15) is 18.2 Å². The normalized spacial score (nSPS) is 12.2. The molecule has 0 heterocycles. The van der Waals surface area contributed by atoms with Crippen LogP contribution in [-0.2, 0) is 37.1 Å². The van der Waals surface area contributed by atoms with Gasteiger partial charge >= 0.3 is 37.1 Å². The van der Waals surface area contributed by atoms with Crippen LogP contribution in [0.1, 0.15) is 50.1 Å². The highest BCUT2D eigenvalue weighted by atomic mass is 19.4. The molecule has 0 saturated carbocycles. The molecule has 0 aromatic heterocycles. The molecule has 0 unspecified atom stereocenters. The lowest BCUT2D eigenvalue weighted by Crippen LogP contribution is -2.18. The van der Waals surface area contributed by atoms with Gasteiger partial charge in [-0.2, -0.15) is 94.8 Å². The maximum atomic E-state index is 14.3. The Morgan fingerprint density at radius 1 is 0.216 bits per heavy atom. The van der Waals surface area contributed by atoms with Gasteiger partial charge in [0.15, 0.2) is 0 Å². The first-order chi connectivity index (χ1) is 41.3. The minimum Gasteiger partial charge on any atom is -0.310 e. The fourth-order valence-corrected chi connectivity index (χ4v) is 9.50. The monoisotopic (exact) mass is 1230 g/mol. The zero-order valence-corrected chi connectivity index (χ0v) is 44.0. The molecule has 0 saturated heterocycles. The van der Waals surface area contributed by atoms with Crippen LogP contribution < -0.4 is 19.6 Å². The molecule has 0 aliphatic heterocycles. The van der Waals surface area contributed by atoms with Crippen LogP contribution in [0, 0.1) is 34.0 Å². The second kappa shape index (κ2) is 23.3. The maximum absolute atomic E-state index is 14.3. The highest BCUT2D eigenvalue weighted by molar-refractivity contribution is 5.91. The summed E-state index contributed by atoms with van der Waals surface area (Å²) in [6.07, 6.45) is -30.0. The summed E-state index contributed by atoms with van der Waals surface area (Å²) in [7, 11) is 0. The van der Waals surface area contributed by atoms with Crippen LogP contribution in [-0.4, -0.2) is 0 Å². The van der Waals surface area contributed by atoms with Crippen molar-refractivity contribution in [1.29, 1.82) is 15.8 Å². The summed E-state index contributed by atoms with van der Waals surface area (Å²) in [4.78, 5) is 3.87. The summed E-state index contributed by atoms with van der Waals surface area (Å²) in [5, 5.41) is 33.2. The van der Waals surface area contributed by atoms with Crippen molar-refractivity contribution in [2.75, 3.05) is 19.6 Å². The molecule has 0 aliphatic rings. The summed E-state index contributed by atoms with van der Waals surface area (Å²) in [6, 6.07) is 35.6. The highest BCUT2D eigenvalue weighted by Crippen LogP contribution is 2.49. The van der Waals surface area contributed by atoms with Gasteiger partial charge in [-0.25, -0.2) is 0 Å². The molecular formula is C63H33F18N7. The van der Waals surface area contributed by atoms with Crippen molar-refractivity contribution in [2.24, 2.45) is 0 Å². The SMILES string of the molecule is N#Cc1cc(N(c2cccc(C(F)(F)F)c2)c2cccc(C(F)(F)F)c2)ccc1N(c1ccc(N(c2cccc(C(F)(F)F)c2)c2cccc(C(F)(F)F)c2)cc1C#N)c1ccc(N(c2cccc(C(F)(F)F)c2)c2cccc(C(F)(F)F)c2)cc1C#N. The van der Waals surface area contributed by atoms with Crippen molar-refractivity contribution in [2.45, 2.75) is 37.1 Å². The molecule has 0 spiro atoms. The van der Waals surface area contributed by atoms with Crippen molar-refractivity contribution in [3.05, 3.63) is 250 Å². The lowest BCUT2D eigenvalue weighted by atomic mass is 10.0. The number of hydrogen-bond acceptors (Lipinski definition) is 7. The summed E-state index contributed by atoms with van der Waals surface area (Å²) < 4.78 is 257. The van der Waals surface area contributed by atoms with E-state index < -0.39 is 87.1 Å². The lowest BCUT2D eigenvalue weighted by molar-refractivity contribution is -0.138. The molecule has 0 atom stereocenters. The summed E-state index contributed by atoms with van der Waals surface area (Å²) in [6.45, 7) is 0. The minimum atomic E-state index is -4.99.